The molecule has 5 heteroatoms. The fourth-order valence-electron chi connectivity index (χ4n) is 2.88. The van der Waals surface area contributed by atoms with Crippen LogP contribution in [0.3, 0.4) is 0 Å². The van der Waals surface area contributed by atoms with Crippen molar-refractivity contribution in [1.82, 2.24) is 14.5 Å². The van der Waals surface area contributed by atoms with Crippen molar-refractivity contribution in [2.45, 2.75) is 19.5 Å². The highest BCUT2D eigenvalue weighted by Crippen LogP contribution is 2.26. The molecule has 1 aliphatic rings. The number of hydrogen-bond donors (Lipinski definition) is 0. The van der Waals surface area contributed by atoms with Crippen molar-refractivity contribution < 1.29 is 4.74 Å². The Kier molecular flexibility index (Phi) is 4.42. The van der Waals surface area contributed by atoms with Crippen LogP contribution in [0, 0.1) is 0 Å². The van der Waals surface area contributed by atoms with E-state index in [0.717, 1.165) is 54.2 Å². The van der Waals surface area contributed by atoms with Crippen LogP contribution in [-0.4, -0.2) is 40.8 Å². The summed E-state index contributed by atoms with van der Waals surface area (Å²) in [5.41, 5.74) is 2.20. The van der Waals surface area contributed by atoms with E-state index in [9.17, 15) is 0 Å². The molecular weight excluding hydrogens is 330 g/mol. The van der Waals surface area contributed by atoms with Gasteiger partial charge < -0.3 is 9.30 Å². The summed E-state index contributed by atoms with van der Waals surface area (Å²) in [6.07, 6.45) is 0. The summed E-state index contributed by atoms with van der Waals surface area (Å²) < 4.78 is 8.66. The zero-order chi connectivity index (χ0) is 14.8. The molecule has 21 heavy (non-hydrogen) atoms. The predicted octanol–water partition coefficient (Wildman–Crippen LogP) is 3.34. The summed E-state index contributed by atoms with van der Waals surface area (Å²) in [6, 6.07) is 8.55. The predicted molar refractivity (Wildman–Crippen MR) is 88.6 cm³/mol. The molecule has 0 spiro atoms. The summed E-state index contributed by atoms with van der Waals surface area (Å²) in [5.74, 6) is 1.10. The molecule has 1 atom stereocenters. The lowest BCUT2D eigenvalue weighted by Crippen LogP contribution is -2.39. The van der Waals surface area contributed by atoms with Crippen LogP contribution in [-0.2, 0) is 11.3 Å². The lowest BCUT2D eigenvalue weighted by molar-refractivity contribution is 0.0177. The Morgan fingerprint density at radius 3 is 2.81 bits per heavy atom. The van der Waals surface area contributed by atoms with Gasteiger partial charge in [-0.15, -0.1) is 0 Å². The molecule has 4 nitrogen and oxygen atoms in total. The van der Waals surface area contributed by atoms with E-state index in [4.69, 9.17) is 9.72 Å². The number of benzene rings is 1. The van der Waals surface area contributed by atoms with Gasteiger partial charge in [-0.25, -0.2) is 4.98 Å². The SMILES string of the molecule is C=C(Br)Cn1c(C(C)N2CCOCC2)nc2ccccc21. The van der Waals surface area contributed by atoms with E-state index in [2.05, 4.69) is 57.1 Å². The molecule has 1 aromatic carbocycles. The maximum atomic E-state index is 5.45. The minimum Gasteiger partial charge on any atom is -0.379 e. The zero-order valence-corrected chi connectivity index (χ0v) is 13.8. The van der Waals surface area contributed by atoms with Crippen LogP contribution < -0.4 is 0 Å². The van der Waals surface area contributed by atoms with Crippen LogP contribution in [0.25, 0.3) is 11.0 Å². The zero-order valence-electron chi connectivity index (χ0n) is 12.3. The minimum atomic E-state index is 0.271. The van der Waals surface area contributed by atoms with E-state index in [1.165, 1.54) is 0 Å². The molecule has 1 aliphatic heterocycles. The summed E-state index contributed by atoms with van der Waals surface area (Å²) in [6.45, 7) is 10.5. The fraction of sp³-hybridized carbons (Fsp3) is 0.438. The Hall–Kier alpha value is -1.17. The van der Waals surface area contributed by atoms with Gasteiger partial charge in [-0.2, -0.15) is 0 Å². The van der Waals surface area contributed by atoms with Crippen LogP contribution in [0.4, 0.5) is 0 Å². The third-order valence-corrected chi connectivity index (χ3v) is 4.23. The van der Waals surface area contributed by atoms with Crippen molar-refractivity contribution in [2.24, 2.45) is 0 Å². The summed E-state index contributed by atoms with van der Waals surface area (Å²) in [5, 5.41) is 0. The molecule has 0 saturated carbocycles. The largest absolute Gasteiger partial charge is 0.379 e. The van der Waals surface area contributed by atoms with E-state index in [1.807, 2.05) is 6.07 Å². The van der Waals surface area contributed by atoms with E-state index in [0.29, 0.717) is 0 Å². The first-order valence-corrected chi connectivity index (χ1v) is 8.06. The highest BCUT2D eigenvalue weighted by molar-refractivity contribution is 9.11. The van der Waals surface area contributed by atoms with Crippen molar-refractivity contribution in [3.8, 4) is 0 Å². The highest BCUT2D eigenvalue weighted by Gasteiger charge is 2.23. The minimum absolute atomic E-state index is 0.271. The summed E-state index contributed by atoms with van der Waals surface area (Å²) in [7, 11) is 0. The number of halogens is 1. The average molecular weight is 350 g/mol. The molecule has 1 unspecified atom stereocenters. The van der Waals surface area contributed by atoms with Gasteiger partial charge in [-0.1, -0.05) is 34.6 Å². The Labute approximate surface area is 133 Å². The second-order valence-corrected chi connectivity index (χ2v) is 6.51. The third kappa shape index (κ3) is 3.05. The number of imidazole rings is 1. The maximum absolute atomic E-state index is 5.45. The van der Waals surface area contributed by atoms with Gasteiger partial charge in [0.1, 0.15) is 5.82 Å². The van der Waals surface area contributed by atoms with Crippen LogP contribution in [0.1, 0.15) is 18.8 Å². The number of aromatic nitrogens is 2. The van der Waals surface area contributed by atoms with Crippen molar-refractivity contribution >= 4 is 27.0 Å². The molecule has 0 radical (unpaired) electrons. The lowest BCUT2D eigenvalue weighted by atomic mass is 10.2. The van der Waals surface area contributed by atoms with Gasteiger partial charge in [0.05, 0.1) is 36.8 Å². The van der Waals surface area contributed by atoms with E-state index in [-0.39, 0.29) is 6.04 Å². The van der Waals surface area contributed by atoms with Gasteiger partial charge in [-0.3, -0.25) is 4.90 Å². The standard InChI is InChI=1S/C16H20BrN3O/c1-12(17)11-20-15-6-4-3-5-14(15)18-16(20)13(2)19-7-9-21-10-8-19/h3-6,13H,1,7-11H2,2H3. The number of nitrogens with zero attached hydrogens (tertiary/aromatic N) is 3. The Morgan fingerprint density at radius 1 is 1.38 bits per heavy atom. The summed E-state index contributed by atoms with van der Waals surface area (Å²) in [4.78, 5) is 7.29. The third-order valence-electron chi connectivity index (χ3n) is 3.98. The monoisotopic (exact) mass is 349 g/mol. The van der Waals surface area contributed by atoms with Crippen LogP contribution in [0.15, 0.2) is 35.3 Å². The van der Waals surface area contributed by atoms with Gasteiger partial charge in [0.25, 0.3) is 0 Å². The number of fused-ring (bicyclic) bond motifs is 1. The molecule has 2 heterocycles. The van der Waals surface area contributed by atoms with Crippen LogP contribution in [0.2, 0.25) is 0 Å². The molecule has 0 N–H and O–H groups in total. The molecule has 2 aromatic rings. The molecule has 112 valence electrons. The first-order chi connectivity index (χ1) is 10.2. The Morgan fingerprint density at radius 2 is 2.10 bits per heavy atom. The molecular formula is C16H20BrN3O. The van der Waals surface area contributed by atoms with Gasteiger partial charge in [-0.05, 0) is 19.1 Å². The normalized spacial score (nSPS) is 18.0. The first kappa shape index (κ1) is 14.8. The maximum Gasteiger partial charge on any atom is 0.127 e. The second kappa shape index (κ2) is 6.30. The van der Waals surface area contributed by atoms with Gasteiger partial charge >= 0.3 is 0 Å². The van der Waals surface area contributed by atoms with Gasteiger partial charge in [0.2, 0.25) is 0 Å². The molecule has 3 rings (SSSR count). The summed E-state index contributed by atoms with van der Waals surface area (Å²) >= 11 is 3.48. The Balaban J connectivity index is 2.01. The average Bonchev–Trinajstić information content (AvgIpc) is 2.86. The molecule has 0 amide bonds. The van der Waals surface area contributed by atoms with E-state index >= 15 is 0 Å². The van der Waals surface area contributed by atoms with Crippen molar-refractivity contribution in [3.63, 3.8) is 0 Å². The van der Waals surface area contributed by atoms with Crippen molar-refractivity contribution in [1.29, 1.82) is 0 Å². The molecule has 1 saturated heterocycles. The van der Waals surface area contributed by atoms with Crippen molar-refractivity contribution in [3.05, 3.63) is 41.2 Å². The van der Waals surface area contributed by atoms with Crippen LogP contribution in [0.5, 0.6) is 0 Å². The fourth-order valence-corrected chi connectivity index (χ4v) is 3.13. The smallest absolute Gasteiger partial charge is 0.127 e. The number of allylic oxidation sites excluding steroid dienone is 1. The number of hydrogen-bond acceptors (Lipinski definition) is 3. The number of para-hydroxylation sites is 2. The van der Waals surface area contributed by atoms with E-state index < -0.39 is 0 Å². The van der Waals surface area contributed by atoms with Crippen LogP contribution >= 0.6 is 15.9 Å². The number of ether oxygens (including phenoxy) is 1. The molecule has 0 bridgehead atoms. The molecule has 0 aliphatic carbocycles. The van der Waals surface area contributed by atoms with E-state index in [1.54, 1.807) is 0 Å². The lowest BCUT2D eigenvalue weighted by Gasteiger charge is -2.32. The Bertz CT molecular complexity index is 646. The number of rotatable bonds is 4. The van der Waals surface area contributed by atoms with Crippen molar-refractivity contribution in [2.75, 3.05) is 26.3 Å². The van der Waals surface area contributed by atoms with Gasteiger partial charge in [0.15, 0.2) is 0 Å². The quantitative estimate of drug-likeness (QED) is 0.847. The number of morpholine rings is 1. The topological polar surface area (TPSA) is 30.3 Å². The highest BCUT2D eigenvalue weighted by atomic mass is 79.9. The molecule has 1 aromatic heterocycles. The second-order valence-electron chi connectivity index (χ2n) is 5.39. The van der Waals surface area contributed by atoms with Gasteiger partial charge in [0, 0.05) is 17.6 Å². The molecule has 1 fully saturated rings. The first-order valence-electron chi connectivity index (χ1n) is 7.27.